The van der Waals surface area contributed by atoms with E-state index in [9.17, 15) is 0 Å². The van der Waals surface area contributed by atoms with E-state index >= 15 is 0 Å². The third-order valence-corrected chi connectivity index (χ3v) is 3.54. The van der Waals surface area contributed by atoms with Crippen LogP contribution in [0.25, 0.3) is 0 Å². The van der Waals surface area contributed by atoms with Crippen molar-refractivity contribution in [2.75, 3.05) is 0 Å². The van der Waals surface area contributed by atoms with E-state index < -0.39 is 0 Å². The first-order valence-electron chi connectivity index (χ1n) is 7.32. The summed E-state index contributed by atoms with van der Waals surface area (Å²) < 4.78 is 0. The number of rotatable bonds is 6. The fourth-order valence-corrected chi connectivity index (χ4v) is 2.80. The van der Waals surface area contributed by atoms with Crippen LogP contribution in [0.3, 0.4) is 0 Å². The van der Waals surface area contributed by atoms with Crippen LogP contribution in [0.1, 0.15) is 31.4 Å². The molecule has 0 bridgehead atoms. The van der Waals surface area contributed by atoms with E-state index in [1.165, 1.54) is 30.4 Å². The first-order valence-corrected chi connectivity index (χ1v) is 7.32. The highest BCUT2D eigenvalue weighted by Crippen LogP contribution is 2.21. The summed E-state index contributed by atoms with van der Waals surface area (Å²) in [5, 5.41) is 0. The first-order chi connectivity index (χ1) is 9.24. The van der Waals surface area contributed by atoms with Crippen molar-refractivity contribution >= 4 is 0 Å². The largest absolute Gasteiger partial charge is 0.0628 e. The van der Waals surface area contributed by atoms with Crippen molar-refractivity contribution in [2.24, 2.45) is 11.8 Å². The fraction of sp³-hybridized carbons (Fsp3) is 0.368. The third-order valence-electron chi connectivity index (χ3n) is 3.54. The molecule has 0 aliphatic rings. The van der Waals surface area contributed by atoms with Crippen LogP contribution in [-0.4, -0.2) is 0 Å². The molecule has 100 valence electrons. The molecule has 0 aromatic heterocycles. The number of benzene rings is 2. The van der Waals surface area contributed by atoms with Gasteiger partial charge < -0.3 is 0 Å². The molecule has 0 spiro atoms. The van der Waals surface area contributed by atoms with Crippen LogP contribution in [0.5, 0.6) is 0 Å². The van der Waals surface area contributed by atoms with Crippen molar-refractivity contribution in [3.05, 3.63) is 71.8 Å². The molecule has 0 fully saturated rings. The summed E-state index contributed by atoms with van der Waals surface area (Å²) in [7, 11) is 0. The van der Waals surface area contributed by atoms with Gasteiger partial charge in [-0.1, -0.05) is 74.5 Å². The van der Waals surface area contributed by atoms with Gasteiger partial charge in [-0.25, -0.2) is 0 Å². The highest BCUT2D eigenvalue weighted by molar-refractivity contribution is 5.18. The van der Waals surface area contributed by atoms with Gasteiger partial charge in [0, 0.05) is 0 Å². The number of hydrogen-bond donors (Lipinski definition) is 0. The topological polar surface area (TPSA) is 0 Å². The molecule has 2 aromatic rings. The Morgan fingerprint density at radius 2 is 1.11 bits per heavy atom. The van der Waals surface area contributed by atoms with Gasteiger partial charge in [-0.2, -0.15) is 0 Å². The van der Waals surface area contributed by atoms with Gasteiger partial charge >= 0.3 is 0 Å². The fourth-order valence-electron chi connectivity index (χ4n) is 2.80. The van der Waals surface area contributed by atoms with E-state index in [2.05, 4.69) is 74.5 Å². The van der Waals surface area contributed by atoms with E-state index in [-0.39, 0.29) is 0 Å². The predicted molar refractivity (Wildman–Crippen MR) is 83.2 cm³/mol. The van der Waals surface area contributed by atoms with Crippen molar-refractivity contribution in [3.8, 4) is 0 Å². The van der Waals surface area contributed by atoms with Gasteiger partial charge in [-0.05, 0) is 42.2 Å². The van der Waals surface area contributed by atoms with Crippen LogP contribution in [0, 0.1) is 11.8 Å². The van der Waals surface area contributed by atoms with Crippen molar-refractivity contribution < 1.29 is 0 Å². The molecule has 0 unspecified atom stereocenters. The molecule has 0 amide bonds. The number of hydrogen-bond acceptors (Lipinski definition) is 0. The Morgan fingerprint density at radius 1 is 0.684 bits per heavy atom. The van der Waals surface area contributed by atoms with Crippen LogP contribution < -0.4 is 0 Å². The second-order valence-electron chi connectivity index (χ2n) is 5.88. The van der Waals surface area contributed by atoms with Gasteiger partial charge in [0.1, 0.15) is 0 Å². The summed E-state index contributed by atoms with van der Waals surface area (Å²) in [6.45, 7) is 4.64. The lowest BCUT2D eigenvalue weighted by Crippen LogP contribution is -2.11. The zero-order chi connectivity index (χ0) is 13.5. The minimum Gasteiger partial charge on any atom is -0.0628 e. The first kappa shape index (κ1) is 13.9. The van der Waals surface area contributed by atoms with Crippen LogP contribution in [0.15, 0.2) is 60.7 Å². The minimum absolute atomic E-state index is 0.741. The van der Waals surface area contributed by atoms with E-state index in [4.69, 9.17) is 0 Å². The van der Waals surface area contributed by atoms with Gasteiger partial charge in [0.05, 0.1) is 0 Å². The summed E-state index contributed by atoms with van der Waals surface area (Å²) >= 11 is 0. The molecule has 0 radical (unpaired) electrons. The predicted octanol–water partition coefficient (Wildman–Crippen LogP) is 5.13. The molecule has 0 nitrogen and oxygen atoms in total. The van der Waals surface area contributed by atoms with Gasteiger partial charge in [-0.15, -0.1) is 0 Å². The molecule has 0 atom stereocenters. The maximum absolute atomic E-state index is 2.32. The summed E-state index contributed by atoms with van der Waals surface area (Å²) in [5.41, 5.74) is 2.92. The molecule has 19 heavy (non-hydrogen) atoms. The van der Waals surface area contributed by atoms with Crippen LogP contribution in [-0.2, 0) is 12.8 Å². The summed E-state index contributed by atoms with van der Waals surface area (Å²) in [5.74, 6) is 1.50. The average molecular weight is 252 g/mol. The van der Waals surface area contributed by atoms with Crippen LogP contribution >= 0.6 is 0 Å². The van der Waals surface area contributed by atoms with Crippen LogP contribution in [0.2, 0.25) is 0 Å². The lowest BCUT2D eigenvalue weighted by molar-refractivity contribution is 0.405. The Morgan fingerprint density at radius 3 is 1.47 bits per heavy atom. The van der Waals surface area contributed by atoms with E-state index in [0.29, 0.717) is 0 Å². The molecule has 0 heterocycles. The second-order valence-corrected chi connectivity index (χ2v) is 5.88. The Hall–Kier alpha value is -1.56. The highest BCUT2D eigenvalue weighted by Gasteiger charge is 2.12. The molecule has 0 saturated carbocycles. The summed E-state index contributed by atoms with van der Waals surface area (Å²) in [6.07, 6.45) is 3.67. The van der Waals surface area contributed by atoms with Crippen molar-refractivity contribution in [3.63, 3.8) is 0 Å². The normalized spacial score (nSPS) is 11.2. The minimum atomic E-state index is 0.741. The van der Waals surface area contributed by atoms with Gasteiger partial charge in [0.25, 0.3) is 0 Å². The van der Waals surface area contributed by atoms with Crippen molar-refractivity contribution in [2.45, 2.75) is 33.1 Å². The van der Waals surface area contributed by atoms with Gasteiger partial charge in [-0.3, -0.25) is 0 Å². The average Bonchev–Trinajstić information content (AvgIpc) is 2.40. The third kappa shape index (κ3) is 4.90. The molecule has 0 N–H and O–H groups in total. The van der Waals surface area contributed by atoms with Crippen molar-refractivity contribution in [1.82, 2.24) is 0 Å². The quantitative estimate of drug-likeness (QED) is 0.668. The zero-order valence-corrected chi connectivity index (χ0v) is 12.0. The molecule has 0 aliphatic carbocycles. The second kappa shape index (κ2) is 7.13. The molecular formula is C19H24. The molecule has 0 saturated heterocycles. The highest BCUT2D eigenvalue weighted by atomic mass is 14.2. The van der Waals surface area contributed by atoms with E-state index in [1.54, 1.807) is 0 Å². The zero-order valence-electron chi connectivity index (χ0n) is 12.0. The Balaban J connectivity index is 2.03. The molecule has 0 heteroatoms. The van der Waals surface area contributed by atoms with Crippen molar-refractivity contribution in [1.29, 1.82) is 0 Å². The lowest BCUT2D eigenvalue weighted by Gasteiger charge is -2.19. The summed E-state index contributed by atoms with van der Waals surface area (Å²) in [6, 6.07) is 21.8. The molecule has 2 aromatic carbocycles. The van der Waals surface area contributed by atoms with E-state index in [1.807, 2.05) is 0 Å². The Labute approximate surface area is 117 Å². The maximum atomic E-state index is 2.32. The maximum Gasteiger partial charge on any atom is -0.0247 e. The summed E-state index contributed by atoms with van der Waals surface area (Å²) in [4.78, 5) is 0. The molecule has 2 rings (SSSR count). The van der Waals surface area contributed by atoms with Gasteiger partial charge in [0.15, 0.2) is 0 Å². The molecule has 0 aliphatic heterocycles. The van der Waals surface area contributed by atoms with Crippen LogP contribution in [0.4, 0.5) is 0 Å². The lowest BCUT2D eigenvalue weighted by atomic mass is 9.86. The van der Waals surface area contributed by atoms with E-state index in [0.717, 1.165) is 11.8 Å². The Bertz CT molecular complexity index is 414. The standard InChI is InChI=1S/C19H24/c1-16(2)13-19(14-17-9-5-3-6-10-17)15-18-11-7-4-8-12-18/h3-12,16,19H,13-15H2,1-2H3. The Kier molecular flexibility index (Phi) is 5.20. The smallest absolute Gasteiger partial charge is 0.0247 e. The monoisotopic (exact) mass is 252 g/mol. The van der Waals surface area contributed by atoms with Gasteiger partial charge in [0.2, 0.25) is 0 Å². The molecular weight excluding hydrogens is 228 g/mol. The SMILES string of the molecule is CC(C)CC(Cc1ccccc1)Cc1ccccc1.